The van der Waals surface area contributed by atoms with Crippen LogP contribution >= 0.6 is 11.3 Å². The highest BCUT2D eigenvalue weighted by atomic mass is 32.1. The number of methoxy groups -OCH3 is 2. The summed E-state index contributed by atoms with van der Waals surface area (Å²) in [4.78, 5) is 4.27. The molecule has 0 spiro atoms. The predicted octanol–water partition coefficient (Wildman–Crippen LogP) is 2.91. The fraction of sp³-hybridized carbons (Fsp3) is 0.231. The SMILES string of the molecule is COc1cccc(OC)c1NC(=N)c1csc(C)n1. The van der Waals surface area contributed by atoms with Gasteiger partial charge in [-0.3, -0.25) is 5.41 Å². The largest absolute Gasteiger partial charge is 0.494 e. The summed E-state index contributed by atoms with van der Waals surface area (Å²) in [5.74, 6) is 1.46. The standard InChI is InChI=1S/C13H15N3O2S/c1-8-15-9(7-19-8)13(14)16-12-10(17-2)5-4-6-11(12)18-3/h4-7H,1-3H3,(H2,14,16). The molecule has 6 heteroatoms. The minimum atomic E-state index is 0.215. The van der Waals surface area contributed by atoms with E-state index in [-0.39, 0.29) is 5.84 Å². The monoisotopic (exact) mass is 277 g/mol. The second-order valence-corrected chi connectivity index (χ2v) is 4.85. The van der Waals surface area contributed by atoms with Crippen LogP contribution in [0, 0.1) is 12.3 Å². The first kappa shape index (κ1) is 13.4. The maximum absolute atomic E-state index is 8.05. The maximum atomic E-state index is 8.05. The van der Waals surface area contributed by atoms with Crippen molar-refractivity contribution in [2.75, 3.05) is 19.5 Å². The number of anilines is 1. The molecule has 19 heavy (non-hydrogen) atoms. The molecule has 0 fully saturated rings. The number of benzene rings is 1. The van der Waals surface area contributed by atoms with Crippen LogP contribution in [0.5, 0.6) is 11.5 Å². The average molecular weight is 277 g/mol. The van der Waals surface area contributed by atoms with Crippen molar-refractivity contribution in [1.29, 1.82) is 5.41 Å². The lowest BCUT2D eigenvalue weighted by Crippen LogP contribution is -2.14. The lowest BCUT2D eigenvalue weighted by atomic mass is 10.2. The normalized spacial score (nSPS) is 10.1. The Morgan fingerprint density at radius 2 is 1.89 bits per heavy atom. The van der Waals surface area contributed by atoms with Crippen LogP contribution in [0.25, 0.3) is 0 Å². The van der Waals surface area contributed by atoms with Crippen molar-refractivity contribution in [2.24, 2.45) is 0 Å². The Bertz CT molecular complexity index is 573. The number of thiazole rings is 1. The molecule has 0 aliphatic heterocycles. The van der Waals surface area contributed by atoms with E-state index in [1.54, 1.807) is 14.2 Å². The van der Waals surface area contributed by atoms with Gasteiger partial charge in [0.15, 0.2) is 0 Å². The second kappa shape index (κ2) is 5.71. The van der Waals surface area contributed by atoms with Gasteiger partial charge in [-0.15, -0.1) is 11.3 Å². The third kappa shape index (κ3) is 2.85. The molecule has 1 aromatic carbocycles. The molecule has 2 rings (SSSR count). The smallest absolute Gasteiger partial charge is 0.149 e. The number of nitrogens with zero attached hydrogens (tertiary/aromatic N) is 1. The number of para-hydroxylation sites is 1. The Kier molecular flexibility index (Phi) is 4.01. The first-order valence-corrected chi connectivity index (χ1v) is 6.52. The summed E-state index contributed by atoms with van der Waals surface area (Å²) >= 11 is 1.51. The van der Waals surface area contributed by atoms with Crippen molar-refractivity contribution in [3.05, 3.63) is 34.3 Å². The highest BCUT2D eigenvalue weighted by Crippen LogP contribution is 2.34. The fourth-order valence-corrected chi connectivity index (χ4v) is 2.25. The summed E-state index contributed by atoms with van der Waals surface area (Å²) in [5, 5.41) is 13.8. The quantitative estimate of drug-likeness (QED) is 0.666. The lowest BCUT2D eigenvalue weighted by molar-refractivity contribution is 0.398. The zero-order chi connectivity index (χ0) is 13.8. The van der Waals surface area contributed by atoms with Crippen molar-refractivity contribution < 1.29 is 9.47 Å². The third-order valence-corrected chi connectivity index (χ3v) is 3.33. The molecule has 100 valence electrons. The molecule has 0 amide bonds. The van der Waals surface area contributed by atoms with E-state index in [0.717, 1.165) is 5.01 Å². The number of nitrogens with one attached hydrogen (secondary N) is 2. The number of hydrogen-bond donors (Lipinski definition) is 2. The molecule has 5 nitrogen and oxygen atoms in total. The zero-order valence-corrected chi connectivity index (χ0v) is 11.8. The van der Waals surface area contributed by atoms with Crippen LogP contribution in [0.15, 0.2) is 23.6 Å². The van der Waals surface area contributed by atoms with Gasteiger partial charge in [-0.05, 0) is 19.1 Å². The minimum absolute atomic E-state index is 0.215. The molecule has 0 saturated heterocycles. The van der Waals surface area contributed by atoms with Gasteiger partial charge in [-0.1, -0.05) is 6.07 Å². The summed E-state index contributed by atoms with van der Waals surface area (Å²) in [7, 11) is 3.16. The van der Waals surface area contributed by atoms with Gasteiger partial charge >= 0.3 is 0 Å². The van der Waals surface area contributed by atoms with Gasteiger partial charge in [0, 0.05) is 5.38 Å². The van der Waals surface area contributed by atoms with E-state index in [1.165, 1.54) is 11.3 Å². The van der Waals surface area contributed by atoms with Crippen LogP contribution in [0.2, 0.25) is 0 Å². The van der Waals surface area contributed by atoms with Crippen LogP contribution in [0.3, 0.4) is 0 Å². The van der Waals surface area contributed by atoms with Crippen molar-refractivity contribution in [2.45, 2.75) is 6.92 Å². The Morgan fingerprint density at radius 1 is 1.26 bits per heavy atom. The number of aryl methyl sites for hydroxylation is 1. The highest BCUT2D eigenvalue weighted by molar-refractivity contribution is 7.09. The molecule has 2 aromatic rings. The first-order chi connectivity index (χ1) is 9.15. The van der Waals surface area contributed by atoms with Crippen LogP contribution in [-0.2, 0) is 0 Å². The average Bonchev–Trinajstić information content (AvgIpc) is 2.85. The van der Waals surface area contributed by atoms with Crippen LogP contribution < -0.4 is 14.8 Å². The molecule has 1 aromatic heterocycles. The summed E-state index contributed by atoms with van der Waals surface area (Å²) in [6.45, 7) is 1.91. The second-order valence-electron chi connectivity index (χ2n) is 3.79. The Balaban J connectivity index is 2.30. The van der Waals surface area contributed by atoms with E-state index in [1.807, 2.05) is 30.5 Å². The lowest BCUT2D eigenvalue weighted by Gasteiger charge is -2.14. The molecule has 0 aliphatic rings. The molecule has 2 N–H and O–H groups in total. The van der Waals surface area contributed by atoms with Gasteiger partial charge in [-0.25, -0.2) is 4.98 Å². The van der Waals surface area contributed by atoms with Crippen LogP contribution in [0.1, 0.15) is 10.7 Å². The van der Waals surface area contributed by atoms with Gasteiger partial charge in [0.2, 0.25) is 0 Å². The van der Waals surface area contributed by atoms with Gasteiger partial charge in [0.25, 0.3) is 0 Å². The highest BCUT2D eigenvalue weighted by Gasteiger charge is 2.13. The van der Waals surface area contributed by atoms with Crippen LogP contribution in [-0.4, -0.2) is 25.0 Å². The third-order valence-electron chi connectivity index (χ3n) is 2.55. The minimum Gasteiger partial charge on any atom is -0.494 e. The summed E-state index contributed by atoms with van der Waals surface area (Å²) in [6.07, 6.45) is 0. The summed E-state index contributed by atoms with van der Waals surface area (Å²) < 4.78 is 10.5. The van der Waals surface area contributed by atoms with E-state index >= 15 is 0 Å². The van der Waals surface area contributed by atoms with Gasteiger partial charge < -0.3 is 14.8 Å². The molecule has 0 saturated carbocycles. The van der Waals surface area contributed by atoms with Gasteiger partial charge in [-0.2, -0.15) is 0 Å². The van der Waals surface area contributed by atoms with Gasteiger partial charge in [0.05, 0.1) is 19.2 Å². The van der Waals surface area contributed by atoms with E-state index in [4.69, 9.17) is 14.9 Å². The summed E-state index contributed by atoms with van der Waals surface area (Å²) in [6, 6.07) is 5.45. The molecule has 0 atom stereocenters. The van der Waals surface area contributed by atoms with E-state index in [2.05, 4.69) is 10.3 Å². The van der Waals surface area contributed by atoms with Crippen molar-refractivity contribution in [1.82, 2.24) is 4.98 Å². The molecule has 0 aliphatic carbocycles. The molecule has 1 heterocycles. The Morgan fingerprint density at radius 3 is 2.37 bits per heavy atom. The Hall–Kier alpha value is -2.08. The summed E-state index contributed by atoms with van der Waals surface area (Å²) in [5.41, 5.74) is 1.23. The van der Waals surface area contributed by atoms with E-state index < -0.39 is 0 Å². The van der Waals surface area contributed by atoms with Crippen molar-refractivity contribution >= 4 is 22.9 Å². The van der Waals surface area contributed by atoms with Gasteiger partial charge in [0.1, 0.15) is 28.7 Å². The number of rotatable bonds is 4. The molecule has 0 radical (unpaired) electrons. The Labute approximate surface area is 115 Å². The zero-order valence-electron chi connectivity index (χ0n) is 11.0. The maximum Gasteiger partial charge on any atom is 0.149 e. The molecule has 0 unspecified atom stereocenters. The van der Waals surface area contributed by atoms with E-state index in [0.29, 0.717) is 22.9 Å². The molecular formula is C13H15N3O2S. The molecular weight excluding hydrogens is 262 g/mol. The van der Waals surface area contributed by atoms with Crippen molar-refractivity contribution in [3.63, 3.8) is 0 Å². The topological polar surface area (TPSA) is 67.2 Å². The molecule has 0 bridgehead atoms. The number of ether oxygens (including phenoxy) is 2. The number of aromatic nitrogens is 1. The first-order valence-electron chi connectivity index (χ1n) is 5.64. The fourth-order valence-electron chi connectivity index (χ4n) is 1.64. The van der Waals surface area contributed by atoms with Crippen molar-refractivity contribution in [3.8, 4) is 11.5 Å². The van der Waals surface area contributed by atoms with Crippen LogP contribution in [0.4, 0.5) is 5.69 Å². The number of amidine groups is 1. The predicted molar refractivity (Wildman–Crippen MR) is 76.8 cm³/mol. The number of hydrogen-bond acceptors (Lipinski definition) is 5. The van der Waals surface area contributed by atoms with E-state index in [9.17, 15) is 0 Å².